The molecule has 0 N–H and O–H groups in total. The van der Waals surface area contributed by atoms with E-state index in [4.69, 9.17) is 0 Å². The average Bonchev–Trinajstić information content (AvgIpc) is 3.21. The lowest BCUT2D eigenvalue weighted by atomic mass is 10.1. The van der Waals surface area contributed by atoms with Crippen LogP contribution < -0.4 is 0 Å². The fraction of sp³-hybridized carbons (Fsp3) is 0.562. The van der Waals surface area contributed by atoms with Crippen molar-refractivity contribution in [3.05, 3.63) is 35.9 Å². The maximum atomic E-state index is 12.1. The van der Waals surface area contributed by atoms with Crippen molar-refractivity contribution in [2.45, 2.75) is 32.6 Å². The molecule has 2 rings (SSSR count). The number of rotatable bonds is 7. The van der Waals surface area contributed by atoms with Gasteiger partial charge in [-0.05, 0) is 31.0 Å². The minimum atomic E-state index is 0.294. The molecule has 0 aliphatic heterocycles. The van der Waals surface area contributed by atoms with Crippen LogP contribution in [0.1, 0.15) is 38.2 Å². The summed E-state index contributed by atoms with van der Waals surface area (Å²) in [5.41, 5.74) is 1.33. The summed E-state index contributed by atoms with van der Waals surface area (Å²) in [6, 6.07) is 10.4. The van der Waals surface area contributed by atoms with Crippen LogP contribution in [-0.2, 0) is 4.79 Å². The van der Waals surface area contributed by atoms with E-state index in [0.29, 0.717) is 17.6 Å². The van der Waals surface area contributed by atoms with E-state index < -0.39 is 0 Å². The van der Waals surface area contributed by atoms with Crippen molar-refractivity contribution in [3.63, 3.8) is 0 Å². The molecule has 2 nitrogen and oxygen atoms in total. The Morgan fingerprint density at radius 2 is 1.89 bits per heavy atom. The van der Waals surface area contributed by atoms with Crippen molar-refractivity contribution in [1.29, 1.82) is 0 Å². The normalized spacial score (nSPS) is 22.2. The zero-order valence-electron chi connectivity index (χ0n) is 11.4. The standard InChI is InChI=1S/C16H23NO/c1-3-17(4-2)11-10-16(18)15-12-14(15)13-8-6-5-7-9-13/h5-9,14-15H,3-4,10-12H2,1-2H3. The van der Waals surface area contributed by atoms with Crippen LogP contribution in [0.15, 0.2) is 30.3 Å². The molecule has 0 bridgehead atoms. The lowest BCUT2D eigenvalue weighted by Crippen LogP contribution is -2.26. The van der Waals surface area contributed by atoms with Gasteiger partial charge in [0.15, 0.2) is 0 Å². The average molecular weight is 245 g/mol. The fourth-order valence-corrected chi connectivity index (χ4v) is 2.61. The Kier molecular flexibility index (Phi) is 4.54. The quantitative estimate of drug-likeness (QED) is 0.735. The zero-order valence-corrected chi connectivity index (χ0v) is 11.4. The maximum absolute atomic E-state index is 12.1. The maximum Gasteiger partial charge on any atom is 0.137 e. The van der Waals surface area contributed by atoms with E-state index in [9.17, 15) is 4.79 Å². The molecule has 0 radical (unpaired) electrons. The highest BCUT2D eigenvalue weighted by molar-refractivity contribution is 5.85. The van der Waals surface area contributed by atoms with E-state index in [1.165, 1.54) is 5.56 Å². The van der Waals surface area contributed by atoms with Gasteiger partial charge >= 0.3 is 0 Å². The van der Waals surface area contributed by atoms with Gasteiger partial charge in [0.1, 0.15) is 5.78 Å². The first-order valence-corrected chi connectivity index (χ1v) is 7.06. The van der Waals surface area contributed by atoms with Crippen molar-refractivity contribution >= 4 is 5.78 Å². The molecule has 1 aliphatic carbocycles. The molecule has 2 atom stereocenters. The Labute approximate surface area is 110 Å². The van der Waals surface area contributed by atoms with Crippen LogP contribution in [0.4, 0.5) is 0 Å². The summed E-state index contributed by atoms with van der Waals surface area (Å²) >= 11 is 0. The topological polar surface area (TPSA) is 20.3 Å². The Morgan fingerprint density at radius 1 is 1.22 bits per heavy atom. The molecule has 2 unspecified atom stereocenters. The van der Waals surface area contributed by atoms with Crippen molar-refractivity contribution < 1.29 is 4.79 Å². The van der Waals surface area contributed by atoms with Gasteiger partial charge in [0.05, 0.1) is 0 Å². The molecule has 0 spiro atoms. The number of hydrogen-bond donors (Lipinski definition) is 0. The summed E-state index contributed by atoms with van der Waals surface area (Å²) in [6.45, 7) is 7.30. The summed E-state index contributed by atoms with van der Waals surface area (Å²) in [5.74, 6) is 1.24. The van der Waals surface area contributed by atoms with Gasteiger partial charge in [0, 0.05) is 18.9 Å². The number of carbonyl (C=O) groups excluding carboxylic acids is 1. The lowest BCUT2D eigenvalue weighted by molar-refractivity contribution is -0.120. The summed E-state index contributed by atoms with van der Waals surface area (Å²) in [5, 5.41) is 0. The van der Waals surface area contributed by atoms with Gasteiger partial charge in [-0.2, -0.15) is 0 Å². The van der Waals surface area contributed by atoms with E-state index in [-0.39, 0.29) is 0 Å². The third kappa shape index (κ3) is 3.20. The molecule has 1 aromatic carbocycles. The monoisotopic (exact) mass is 245 g/mol. The summed E-state index contributed by atoms with van der Waals surface area (Å²) in [4.78, 5) is 14.4. The van der Waals surface area contributed by atoms with Crippen LogP contribution in [-0.4, -0.2) is 30.3 Å². The first kappa shape index (κ1) is 13.3. The number of benzene rings is 1. The Morgan fingerprint density at radius 3 is 2.50 bits per heavy atom. The zero-order chi connectivity index (χ0) is 13.0. The number of hydrogen-bond acceptors (Lipinski definition) is 2. The molecule has 1 aliphatic rings. The third-order valence-corrected chi connectivity index (χ3v) is 4.00. The van der Waals surface area contributed by atoms with Gasteiger partial charge < -0.3 is 4.90 Å². The van der Waals surface area contributed by atoms with E-state index in [1.54, 1.807) is 0 Å². The molecule has 0 saturated heterocycles. The minimum absolute atomic E-state index is 0.294. The lowest BCUT2D eigenvalue weighted by Gasteiger charge is -2.17. The van der Waals surface area contributed by atoms with Crippen LogP contribution in [0.2, 0.25) is 0 Å². The highest BCUT2D eigenvalue weighted by atomic mass is 16.1. The molecule has 0 aromatic heterocycles. The summed E-state index contributed by atoms with van der Waals surface area (Å²) in [6.07, 6.45) is 1.77. The number of ketones is 1. The molecular weight excluding hydrogens is 222 g/mol. The molecule has 1 fully saturated rings. The minimum Gasteiger partial charge on any atom is -0.303 e. The van der Waals surface area contributed by atoms with Gasteiger partial charge in [-0.1, -0.05) is 44.2 Å². The molecule has 1 saturated carbocycles. The summed E-state index contributed by atoms with van der Waals surface area (Å²) in [7, 11) is 0. The first-order chi connectivity index (χ1) is 8.76. The Hall–Kier alpha value is -1.15. The molecule has 98 valence electrons. The first-order valence-electron chi connectivity index (χ1n) is 7.06. The van der Waals surface area contributed by atoms with Crippen LogP contribution in [0.25, 0.3) is 0 Å². The third-order valence-electron chi connectivity index (χ3n) is 4.00. The van der Waals surface area contributed by atoms with Gasteiger partial charge in [-0.15, -0.1) is 0 Å². The Bertz CT molecular complexity index is 383. The second-order valence-electron chi connectivity index (χ2n) is 5.10. The van der Waals surface area contributed by atoms with Crippen LogP contribution >= 0.6 is 0 Å². The van der Waals surface area contributed by atoms with E-state index in [2.05, 4.69) is 43.0 Å². The number of Topliss-reactive ketones (excluding diaryl/α,β-unsaturated/α-hetero) is 1. The van der Waals surface area contributed by atoms with Gasteiger partial charge in [-0.25, -0.2) is 0 Å². The number of nitrogens with zero attached hydrogens (tertiary/aromatic N) is 1. The predicted molar refractivity (Wildman–Crippen MR) is 74.7 cm³/mol. The van der Waals surface area contributed by atoms with Gasteiger partial charge in [0.25, 0.3) is 0 Å². The molecular formula is C16H23NO. The number of carbonyl (C=O) groups is 1. The Balaban J connectivity index is 1.79. The van der Waals surface area contributed by atoms with Crippen molar-refractivity contribution in [2.75, 3.05) is 19.6 Å². The largest absolute Gasteiger partial charge is 0.303 e. The molecule has 18 heavy (non-hydrogen) atoms. The van der Waals surface area contributed by atoms with E-state index in [0.717, 1.165) is 32.5 Å². The van der Waals surface area contributed by atoms with Crippen LogP contribution in [0, 0.1) is 5.92 Å². The van der Waals surface area contributed by atoms with Gasteiger partial charge in [-0.3, -0.25) is 4.79 Å². The highest BCUT2D eigenvalue weighted by Crippen LogP contribution is 2.48. The van der Waals surface area contributed by atoms with Crippen molar-refractivity contribution in [1.82, 2.24) is 4.90 Å². The van der Waals surface area contributed by atoms with Crippen molar-refractivity contribution in [3.8, 4) is 0 Å². The molecule has 2 heteroatoms. The van der Waals surface area contributed by atoms with Crippen molar-refractivity contribution in [2.24, 2.45) is 5.92 Å². The smallest absolute Gasteiger partial charge is 0.137 e. The molecule has 0 amide bonds. The van der Waals surface area contributed by atoms with Crippen LogP contribution in [0.5, 0.6) is 0 Å². The predicted octanol–water partition coefficient (Wildman–Crippen LogP) is 3.09. The SMILES string of the molecule is CCN(CC)CCC(=O)C1CC1c1ccccc1. The highest BCUT2D eigenvalue weighted by Gasteiger charge is 2.42. The van der Waals surface area contributed by atoms with Gasteiger partial charge in [0.2, 0.25) is 0 Å². The van der Waals surface area contributed by atoms with Crippen LogP contribution in [0.3, 0.4) is 0 Å². The molecule has 1 aromatic rings. The molecule has 0 heterocycles. The van der Waals surface area contributed by atoms with E-state index >= 15 is 0 Å². The summed E-state index contributed by atoms with van der Waals surface area (Å²) < 4.78 is 0. The second-order valence-corrected chi connectivity index (χ2v) is 5.10. The fourth-order valence-electron chi connectivity index (χ4n) is 2.61. The van der Waals surface area contributed by atoms with E-state index in [1.807, 2.05) is 6.07 Å². The second kappa shape index (κ2) is 6.14.